The molecule has 0 unspecified atom stereocenters. The van der Waals surface area contributed by atoms with Gasteiger partial charge in [0.15, 0.2) is 0 Å². The zero-order chi connectivity index (χ0) is 19.0. The first-order valence-electron chi connectivity index (χ1n) is 8.99. The van der Waals surface area contributed by atoms with Crippen molar-refractivity contribution in [3.05, 3.63) is 58.7 Å². The summed E-state index contributed by atoms with van der Waals surface area (Å²) in [6, 6.07) is 11.6. The van der Waals surface area contributed by atoms with Gasteiger partial charge in [0.1, 0.15) is 5.82 Å². The fourth-order valence-corrected chi connectivity index (χ4v) is 3.97. The topological polar surface area (TPSA) is 80.0 Å². The molecule has 4 N–H and O–H groups in total. The van der Waals surface area contributed by atoms with Crippen molar-refractivity contribution in [3.8, 4) is 11.1 Å². The number of nitrogens with one attached hydrogen (secondary N) is 2. The summed E-state index contributed by atoms with van der Waals surface area (Å²) in [6.07, 6.45) is 2.63. The number of carbonyl (C=O) groups is 1. The van der Waals surface area contributed by atoms with E-state index in [1.807, 2.05) is 37.3 Å². The van der Waals surface area contributed by atoms with Crippen molar-refractivity contribution < 1.29 is 4.79 Å². The summed E-state index contributed by atoms with van der Waals surface area (Å²) in [4.78, 5) is 17.2. The largest absolute Gasteiger partial charge is 0.384 e. The minimum atomic E-state index is -0.106. The molecular weight excluding hydrogens is 360 g/mol. The highest BCUT2D eigenvalue weighted by molar-refractivity contribution is 6.33. The van der Waals surface area contributed by atoms with Crippen LogP contribution in [0.25, 0.3) is 21.9 Å². The van der Waals surface area contributed by atoms with Crippen LogP contribution in [0.3, 0.4) is 0 Å². The van der Waals surface area contributed by atoms with Crippen LogP contribution in [0.4, 0.5) is 5.82 Å². The molecule has 1 amide bonds. The average molecular weight is 381 g/mol. The molecule has 0 saturated carbocycles. The second-order valence-corrected chi connectivity index (χ2v) is 7.36. The van der Waals surface area contributed by atoms with Gasteiger partial charge in [-0.15, -0.1) is 0 Å². The van der Waals surface area contributed by atoms with Crippen LogP contribution in [-0.4, -0.2) is 30.0 Å². The Morgan fingerprint density at radius 3 is 2.93 bits per heavy atom. The first-order chi connectivity index (χ1) is 13.0. The smallest absolute Gasteiger partial charge is 0.252 e. The lowest BCUT2D eigenvalue weighted by Gasteiger charge is -2.16. The van der Waals surface area contributed by atoms with Crippen molar-refractivity contribution in [2.45, 2.75) is 19.4 Å². The normalized spacial score (nSPS) is 16.6. The molecule has 2 aromatic carbocycles. The van der Waals surface area contributed by atoms with Crippen LogP contribution in [0, 0.1) is 6.92 Å². The van der Waals surface area contributed by atoms with Gasteiger partial charge in [0.05, 0.1) is 0 Å². The number of amides is 1. The van der Waals surface area contributed by atoms with Crippen molar-refractivity contribution in [2.75, 3.05) is 18.8 Å². The molecule has 4 rings (SSSR count). The van der Waals surface area contributed by atoms with Gasteiger partial charge in [-0.3, -0.25) is 4.79 Å². The average Bonchev–Trinajstić information content (AvgIpc) is 3.14. The quantitative estimate of drug-likeness (QED) is 0.649. The highest BCUT2D eigenvalue weighted by Crippen LogP contribution is 2.34. The summed E-state index contributed by atoms with van der Waals surface area (Å²) in [5.41, 5.74) is 9.34. The first kappa shape index (κ1) is 17.8. The molecule has 1 aliphatic rings. The lowest BCUT2D eigenvalue weighted by Crippen LogP contribution is -2.36. The van der Waals surface area contributed by atoms with E-state index in [2.05, 4.69) is 15.6 Å². The number of aromatic nitrogens is 1. The third-order valence-corrected chi connectivity index (χ3v) is 5.32. The fraction of sp³-hybridized carbons (Fsp3) is 0.238. The third kappa shape index (κ3) is 3.48. The van der Waals surface area contributed by atoms with Gasteiger partial charge in [-0.25, -0.2) is 4.98 Å². The predicted octanol–water partition coefficient (Wildman–Crippen LogP) is 3.54. The minimum Gasteiger partial charge on any atom is -0.384 e. The van der Waals surface area contributed by atoms with Gasteiger partial charge in [0.25, 0.3) is 5.91 Å². The van der Waals surface area contributed by atoms with Crippen molar-refractivity contribution in [1.82, 2.24) is 15.6 Å². The first-order valence-corrected chi connectivity index (χ1v) is 9.37. The number of halogens is 1. The number of nitrogens with zero attached hydrogens (tertiary/aromatic N) is 1. The highest BCUT2D eigenvalue weighted by Gasteiger charge is 2.20. The standard InChI is InChI=1S/C21H21ClN4O/c1-12-3-2-4-18(22)20(12)13-7-14-10-25-19(23)9-16(14)17(8-13)21(27)26-15-5-6-24-11-15/h2-4,7-10,15,24H,5-6,11H2,1H3,(H2,23,25)(H,26,27)/t15-/m1/s1. The van der Waals surface area contributed by atoms with Gasteiger partial charge in [0.2, 0.25) is 0 Å². The van der Waals surface area contributed by atoms with Crippen LogP contribution in [0.5, 0.6) is 0 Å². The molecule has 0 bridgehead atoms. The Hall–Kier alpha value is -2.63. The van der Waals surface area contributed by atoms with Gasteiger partial charge in [-0.1, -0.05) is 23.7 Å². The second kappa shape index (κ2) is 7.18. The third-order valence-electron chi connectivity index (χ3n) is 5.01. The van der Waals surface area contributed by atoms with Crippen molar-refractivity contribution in [2.24, 2.45) is 0 Å². The number of nitrogens with two attached hydrogens (primary N) is 1. The summed E-state index contributed by atoms with van der Waals surface area (Å²) < 4.78 is 0. The zero-order valence-electron chi connectivity index (χ0n) is 15.1. The summed E-state index contributed by atoms with van der Waals surface area (Å²) in [5.74, 6) is 0.284. The Bertz CT molecular complexity index is 1010. The minimum absolute atomic E-state index is 0.106. The van der Waals surface area contributed by atoms with Gasteiger partial charge < -0.3 is 16.4 Å². The van der Waals surface area contributed by atoms with E-state index in [0.717, 1.165) is 47.0 Å². The zero-order valence-corrected chi connectivity index (χ0v) is 15.8. The van der Waals surface area contributed by atoms with Crippen LogP contribution in [-0.2, 0) is 0 Å². The number of aryl methyl sites for hydroxylation is 1. The monoisotopic (exact) mass is 380 g/mol. The number of hydrogen-bond donors (Lipinski definition) is 3. The molecule has 1 aliphatic heterocycles. The van der Waals surface area contributed by atoms with E-state index in [1.54, 1.807) is 12.3 Å². The SMILES string of the molecule is Cc1cccc(Cl)c1-c1cc(C(=O)N[C@@H]2CCNC2)c2cc(N)ncc2c1. The number of rotatable bonds is 3. The number of fused-ring (bicyclic) bond motifs is 1. The number of pyridine rings is 1. The second-order valence-electron chi connectivity index (χ2n) is 6.95. The van der Waals surface area contributed by atoms with Gasteiger partial charge in [-0.05, 0) is 60.7 Å². The Morgan fingerprint density at radius 2 is 2.19 bits per heavy atom. The summed E-state index contributed by atoms with van der Waals surface area (Å²) >= 11 is 6.47. The molecule has 27 heavy (non-hydrogen) atoms. The molecule has 0 radical (unpaired) electrons. The van der Waals surface area contributed by atoms with E-state index in [1.165, 1.54) is 0 Å². The summed E-state index contributed by atoms with van der Waals surface area (Å²) in [7, 11) is 0. The van der Waals surface area contributed by atoms with Crippen molar-refractivity contribution >= 4 is 34.1 Å². The maximum Gasteiger partial charge on any atom is 0.252 e. The molecule has 1 aromatic heterocycles. The molecule has 3 aromatic rings. The number of hydrogen-bond acceptors (Lipinski definition) is 4. The van der Waals surface area contributed by atoms with Crippen LogP contribution in [0.15, 0.2) is 42.6 Å². The Balaban J connectivity index is 1.87. The summed E-state index contributed by atoms with van der Waals surface area (Å²) in [5, 5.41) is 8.69. The molecular formula is C21H21ClN4O. The number of nitrogen functional groups attached to an aromatic ring is 1. The van der Waals surface area contributed by atoms with Gasteiger partial charge in [0, 0.05) is 40.3 Å². The number of benzene rings is 2. The van der Waals surface area contributed by atoms with E-state index in [0.29, 0.717) is 16.4 Å². The van der Waals surface area contributed by atoms with Gasteiger partial charge in [-0.2, -0.15) is 0 Å². The van der Waals surface area contributed by atoms with Crippen LogP contribution in [0.2, 0.25) is 5.02 Å². The summed E-state index contributed by atoms with van der Waals surface area (Å²) in [6.45, 7) is 3.72. The molecule has 1 fully saturated rings. The van der Waals surface area contributed by atoms with Crippen LogP contribution in [0.1, 0.15) is 22.3 Å². The molecule has 2 heterocycles. The predicted molar refractivity (Wildman–Crippen MR) is 110 cm³/mol. The molecule has 138 valence electrons. The lowest BCUT2D eigenvalue weighted by atomic mass is 9.94. The van der Waals surface area contributed by atoms with Crippen LogP contribution >= 0.6 is 11.6 Å². The molecule has 0 spiro atoms. The van der Waals surface area contributed by atoms with E-state index in [9.17, 15) is 4.79 Å². The lowest BCUT2D eigenvalue weighted by molar-refractivity contribution is 0.0942. The maximum atomic E-state index is 13.0. The Morgan fingerprint density at radius 1 is 1.33 bits per heavy atom. The van der Waals surface area contributed by atoms with Crippen LogP contribution < -0.4 is 16.4 Å². The van der Waals surface area contributed by atoms with Crippen molar-refractivity contribution in [1.29, 1.82) is 0 Å². The molecule has 0 aliphatic carbocycles. The molecule has 5 nitrogen and oxygen atoms in total. The fourth-order valence-electron chi connectivity index (χ4n) is 3.64. The Kier molecular flexibility index (Phi) is 4.72. The van der Waals surface area contributed by atoms with Gasteiger partial charge >= 0.3 is 0 Å². The molecule has 1 atom stereocenters. The maximum absolute atomic E-state index is 13.0. The van der Waals surface area contributed by atoms with Crippen molar-refractivity contribution in [3.63, 3.8) is 0 Å². The van der Waals surface area contributed by atoms with E-state index in [4.69, 9.17) is 17.3 Å². The van der Waals surface area contributed by atoms with E-state index >= 15 is 0 Å². The Labute approximate surface area is 162 Å². The highest BCUT2D eigenvalue weighted by atomic mass is 35.5. The number of carbonyl (C=O) groups excluding carboxylic acids is 1. The molecule has 1 saturated heterocycles. The molecule has 6 heteroatoms. The van der Waals surface area contributed by atoms with E-state index in [-0.39, 0.29) is 11.9 Å². The number of anilines is 1. The van der Waals surface area contributed by atoms with E-state index < -0.39 is 0 Å².